The van der Waals surface area contributed by atoms with E-state index in [0.29, 0.717) is 0 Å². The van der Waals surface area contributed by atoms with Gasteiger partial charge in [-0.3, -0.25) is 19.7 Å². The molecule has 0 fully saturated rings. The maximum Gasteiger partial charge on any atom is 0.416 e. The molecular formula is C17H12ClF3N2O5. The molecule has 7 nitrogen and oxygen atoms in total. The SMILES string of the molecule is O=C(COC(=O)Cc1cccc(C(F)(F)F)c1)Nc1cc(Cl)ccc1[N+](=O)[O-]. The zero-order valence-electron chi connectivity index (χ0n) is 14.0. The van der Waals surface area contributed by atoms with Gasteiger partial charge >= 0.3 is 12.1 Å². The first-order valence-electron chi connectivity index (χ1n) is 7.62. The summed E-state index contributed by atoms with van der Waals surface area (Å²) in [5.74, 6) is -1.81. The van der Waals surface area contributed by atoms with E-state index in [1.807, 2.05) is 0 Å². The number of ether oxygens (including phenoxy) is 1. The molecule has 0 bridgehead atoms. The van der Waals surface area contributed by atoms with Crippen LogP contribution in [0.5, 0.6) is 0 Å². The van der Waals surface area contributed by atoms with Crippen LogP contribution in [0.4, 0.5) is 24.5 Å². The van der Waals surface area contributed by atoms with E-state index in [-0.39, 0.29) is 16.3 Å². The fourth-order valence-corrected chi connectivity index (χ4v) is 2.35. The Bertz CT molecular complexity index is 918. The van der Waals surface area contributed by atoms with E-state index in [0.717, 1.165) is 30.3 Å². The van der Waals surface area contributed by atoms with Crippen LogP contribution in [-0.2, 0) is 26.9 Å². The lowest BCUT2D eigenvalue weighted by Crippen LogP contribution is -2.22. The third-order valence-electron chi connectivity index (χ3n) is 3.40. The van der Waals surface area contributed by atoms with Crippen molar-refractivity contribution in [2.24, 2.45) is 0 Å². The molecule has 0 aliphatic rings. The van der Waals surface area contributed by atoms with Crippen molar-refractivity contribution in [1.82, 2.24) is 0 Å². The lowest BCUT2D eigenvalue weighted by atomic mass is 10.1. The molecule has 2 rings (SSSR count). The first-order valence-corrected chi connectivity index (χ1v) is 7.99. The van der Waals surface area contributed by atoms with Crippen molar-refractivity contribution in [3.8, 4) is 0 Å². The van der Waals surface area contributed by atoms with Crippen LogP contribution in [0.2, 0.25) is 5.02 Å². The van der Waals surface area contributed by atoms with Crippen molar-refractivity contribution >= 4 is 34.9 Å². The Morgan fingerprint density at radius 3 is 2.54 bits per heavy atom. The summed E-state index contributed by atoms with van der Waals surface area (Å²) in [7, 11) is 0. The summed E-state index contributed by atoms with van der Waals surface area (Å²) >= 11 is 5.73. The Balaban J connectivity index is 1.94. The van der Waals surface area contributed by atoms with E-state index >= 15 is 0 Å². The summed E-state index contributed by atoms with van der Waals surface area (Å²) in [6.07, 6.45) is -5.03. The van der Waals surface area contributed by atoms with Crippen LogP contribution in [0.15, 0.2) is 42.5 Å². The third-order valence-corrected chi connectivity index (χ3v) is 3.63. The average Bonchev–Trinajstić information content (AvgIpc) is 2.59. The van der Waals surface area contributed by atoms with Gasteiger partial charge in [0.1, 0.15) is 5.69 Å². The summed E-state index contributed by atoms with van der Waals surface area (Å²) in [6.45, 7) is -0.776. The van der Waals surface area contributed by atoms with Crippen molar-refractivity contribution in [3.05, 3.63) is 68.7 Å². The van der Waals surface area contributed by atoms with Crippen molar-refractivity contribution in [3.63, 3.8) is 0 Å². The molecule has 28 heavy (non-hydrogen) atoms. The second-order valence-electron chi connectivity index (χ2n) is 5.50. The van der Waals surface area contributed by atoms with Crippen molar-refractivity contribution in [2.75, 3.05) is 11.9 Å². The Kier molecular flexibility index (Phi) is 6.57. The molecular weight excluding hydrogens is 405 g/mol. The Morgan fingerprint density at radius 2 is 1.89 bits per heavy atom. The van der Waals surface area contributed by atoms with Gasteiger partial charge < -0.3 is 10.1 Å². The van der Waals surface area contributed by atoms with E-state index < -0.39 is 47.3 Å². The summed E-state index contributed by atoms with van der Waals surface area (Å²) in [4.78, 5) is 33.8. The van der Waals surface area contributed by atoms with E-state index in [1.54, 1.807) is 0 Å². The smallest absolute Gasteiger partial charge is 0.416 e. The number of carbonyl (C=O) groups excluding carboxylic acids is 2. The highest BCUT2D eigenvalue weighted by atomic mass is 35.5. The number of nitrogens with one attached hydrogen (secondary N) is 1. The number of amides is 1. The number of anilines is 1. The van der Waals surface area contributed by atoms with E-state index in [9.17, 15) is 32.9 Å². The van der Waals surface area contributed by atoms with Crippen LogP contribution in [0.3, 0.4) is 0 Å². The molecule has 0 heterocycles. The molecule has 0 atom stereocenters. The summed E-state index contributed by atoms with van der Waals surface area (Å²) in [5, 5.41) is 13.3. The Hall–Kier alpha value is -3.14. The van der Waals surface area contributed by atoms with E-state index in [2.05, 4.69) is 5.32 Å². The van der Waals surface area contributed by atoms with Crippen molar-refractivity contribution in [2.45, 2.75) is 12.6 Å². The second kappa shape index (κ2) is 8.70. The molecule has 11 heteroatoms. The van der Waals surface area contributed by atoms with Crippen molar-refractivity contribution in [1.29, 1.82) is 0 Å². The number of nitrogens with zero attached hydrogens (tertiary/aromatic N) is 1. The van der Waals surface area contributed by atoms with Gasteiger partial charge in [0.15, 0.2) is 6.61 Å². The lowest BCUT2D eigenvalue weighted by Gasteiger charge is -2.09. The van der Waals surface area contributed by atoms with Crippen LogP contribution in [0.25, 0.3) is 0 Å². The van der Waals surface area contributed by atoms with Gasteiger partial charge in [0.25, 0.3) is 11.6 Å². The van der Waals surface area contributed by atoms with Gasteiger partial charge in [-0.05, 0) is 23.8 Å². The topological polar surface area (TPSA) is 98.5 Å². The molecule has 0 radical (unpaired) electrons. The fourth-order valence-electron chi connectivity index (χ4n) is 2.18. The average molecular weight is 417 g/mol. The first-order chi connectivity index (χ1) is 13.1. The molecule has 2 aromatic rings. The van der Waals surface area contributed by atoms with Gasteiger partial charge in [0.2, 0.25) is 0 Å². The molecule has 0 aliphatic carbocycles. The molecule has 0 saturated heterocycles. The number of hydrogen-bond donors (Lipinski definition) is 1. The second-order valence-corrected chi connectivity index (χ2v) is 5.94. The van der Waals surface area contributed by atoms with Crippen LogP contribution in [0, 0.1) is 10.1 Å². The standard InChI is InChI=1S/C17H12ClF3N2O5/c18-12-4-5-14(23(26)27)13(8-12)22-15(24)9-28-16(25)7-10-2-1-3-11(6-10)17(19,20)21/h1-6,8H,7,9H2,(H,22,24). The van der Waals surface area contributed by atoms with Crippen LogP contribution in [0.1, 0.15) is 11.1 Å². The summed E-state index contributed by atoms with van der Waals surface area (Å²) in [5.41, 5.74) is -1.45. The minimum Gasteiger partial charge on any atom is -0.455 e. The van der Waals surface area contributed by atoms with Gasteiger partial charge in [0, 0.05) is 11.1 Å². The highest BCUT2D eigenvalue weighted by Crippen LogP contribution is 2.30. The minimum absolute atomic E-state index is 0.0608. The highest BCUT2D eigenvalue weighted by molar-refractivity contribution is 6.31. The number of esters is 1. The predicted octanol–water partition coefficient (Wildman–Crippen LogP) is 3.99. The normalized spacial score (nSPS) is 11.0. The first kappa shape index (κ1) is 21.2. The maximum atomic E-state index is 12.7. The monoisotopic (exact) mass is 416 g/mol. The summed E-state index contributed by atoms with van der Waals surface area (Å²) in [6, 6.07) is 7.64. The molecule has 148 valence electrons. The Labute approximate surface area is 161 Å². The van der Waals surface area contributed by atoms with E-state index in [4.69, 9.17) is 16.3 Å². The number of rotatable bonds is 6. The van der Waals surface area contributed by atoms with Crippen LogP contribution in [-0.4, -0.2) is 23.4 Å². The quantitative estimate of drug-likeness (QED) is 0.436. The molecule has 0 aromatic heterocycles. The van der Waals surface area contributed by atoms with Gasteiger partial charge in [-0.15, -0.1) is 0 Å². The van der Waals surface area contributed by atoms with Crippen LogP contribution >= 0.6 is 11.6 Å². The van der Waals surface area contributed by atoms with Gasteiger partial charge in [0.05, 0.1) is 16.9 Å². The molecule has 0 saturated carbocycles. The number of benzene rings is 2. The largest absolute Gasteiger partial charge is 0.455 e. The number of carbonyl (C=O) groups is 2. The lowest BCUT2D eigenvalue weighted by molar-refractivity contribution is -0.383. The summed E-state index contributed by atoms with van der Waals surface area (Å²) < 4.78 is 42.7. The van der Waals surface area contributed by atoms with Crippen LogP contribution < -0.4 is 5.32 Å². The third kappa shape index (κ3) is 5.95. The van der Waals surface area contributed by atoms with Gasteiger partial charge in [-0.1, -0.05) is 29.8 Å². The highest BCUT2D eigenvalue weighted by Gasteiger charge is 2.30. The number of halogens is 4. The number of alkyl halides is 3. The molecule has 0 unspecified atom stereocenters. The minimum atomic E-state index is -4.55. The fraction of sp³-hybridized carbons (Fsp3) is 0.176. The maximum absolute atomic E-state index is 12.7. The number of nitro benzene ring substituents is 1. The number of hydrogen-bond acceptors (Lipinski definition) is 5. The molecule has 1 amide bonds. The van der Waals surface area contributed by atoms with Gasteiger partial charge in [-0.2, -0.15) is 13.2 Å². The molecule has 0 aliphatic heterocycles. The molecule has 2 aromatic carbocycles. The van der Waals surface area contributed by atoms with Crippen molar-refractivity contribution < 1.29 is 32.4 Å². The molecule has 0 spiro atoms. The van der Waals surface area contributed by atoms with Gasteiger partial charge in [-0.25, -0.2) is 0 Å². The predicted molar refractivity (Wildman–Crippen MR) is 92.8 cm³/mol. The zero-order chi connectivity index (χ0) is 20.9. The number of nitro groups is 1. The molecule has 1 N–H and O–H groups in total. The zero-order valence-corrected chi connectivity index (χ0v) is 14.7. The Morgan fingerprint density at radius 1 is 1.18 bits per heavy atom. The van der Waals surface area contributed by atoms with E-state index in [1.165, 1.54) is 12.1 Å².